The van der Waals surface area contributed by atoms with Gasteiger partial charge in [0.15, 0.2) is 0 Å². The number of aromatic nitrogens is 1. The van der Waals surface area contributed by atoms with Crippen LogP contribution in [0.15, 0.2) is 95.1 Å². The van der Waals surface area contributed by atoms with Gasteiger partial charge in [-0.3, -0.25) is 14.9 Å². The monoisotopic (exact) mass is 485 g/mol. The molecule has 0 unspecified atom stereocenters. The van der Waals surface area contributed by atoms with Crippen molar-refractivity contribution in [1.82, 2.24) is 9.88 Å². The molecule has 6 nitrogen and oxygen atoms in total. The van der Waals surface area contributed by atoms with E-state index in [1.807, 2.05) is 65.4 Å². The van der Waals surface area contributed by atoms with E-state index in [0.29, 0.717) is 15.9 Å². The van der Waals surface area contributed by atoms with Gasteiger partial charge in [-0.05, 0) is 59.3 Å². The summed E-state index contributed by atoms with van der Waals surface area (Å²) < 4.78 is 2.60. The Bertz CT molecular complexity index is 1440. The fourth-order valence-corrected chi connectivity index (χ4v) is 4.12. The predicted molar refractivity (Wildman–Crippen MR) is 126 cm³/mol. The number of anilines is 1. The molecule has 1 aliphatic heterocycles. The van der Waals surface area contributed by atoms with Gasteiger partial charge in [-0.1, -0.05) is 52.3 Å². The Kier molecular flexibility index (Phi) is 4.95. The molecule has 0 saturated carbocycles. The molecule has 1 aliphatic rings. The number of carbonyl (C=O) groups excluding carboxylic acids is 3. The third kappa shape index (κ3) is 3.52. The standard InChI is InChI=1S/C25H16BrN3O3/c26-18-7-3-8-21(14-18)29-24(31)22(23(30)27-25(29)32)15-19-9-4-12-28(19)20-11-10-16-5-1-2-6-17(16)13-20/h1-15H,(H,27,30,32)/b22-15+. The minimum absolute atomic E-state index is 0.120. The number of urea groups is 1. The van der Waals surface area contributed by atoms with Crippen LogP contribution in [0.5, 0.6) is 0 Å². The van der Waals surface area contributed by atoms with Crippen LogP contribution in [0.4, 0.5) is 10.5 Å². The van der Waals surface area contributed by atoms with E-state index in [1.54, 1.807) is 24.3 Å². The second-order valence-corrected chi connectivity index (χ2v) is 8.19. The van der Waals surface area contributed by atoms with Crippen molar-refractivity contribution >= 4 is 56.3 Å². The lowest BCUT2D eigenvalue weighted by Crippen LogP contribution is -2.54. The number of halogens is 1. The number of hydrogen-bond donors (Lipinski definition) is 1. The number of hydrogen-bond acceptors (Lipinski definition) is 3. The minimum atomic E-state index is -0.778. The molecule has 1 fully saturated rings. The fraction of sp³-hybridized carbons (Fsp3) is 0. The summed E-state index contributed by atoms with van der Waals surface area (Å²) >= 11 is 3.34. The summed E-state index contributed by atoms with van der Waals surface area (Å²) in [6, 6.07) is 23.7. The second-order valence-electron chi connectivity index (χ2n) is 7.27. The van der Waals surface area contributed by atoms with Crippen LogP contribution in [0.2, 0.25) is 0 Å². The molecule has 32 heavy (non-hydrogen) atoms. The van der Waals surface area contributed by atoms with E-state index in [4.69, 9.17) is 0 Å². The maximum absolute atomic E-state index is 13.2. The van der Waals surface area contributed by atoms with Crippen molar-refractivity contribution in [3.05, 3.63) is 101 Å². The van der Waals surface area contributed by atoms with E-state index in [0.717, 1.165) is 21.4 Å². The van der Waals surface area contributed by atoms with Crippen molar-refractivity contribution in [2.45, 2.75) is 0 Å². The van der Waals surface area contributed by atoms with Crippen molar-refractivity contribution in [3.8, 4) is 5.69 Å². The highest BCUT2D eigenvalue weighted by Crippen LogP contribution is 2.26. The summed E-state index contributed by atoms with van der Waals surface area (Å²) in [5, 5.41) is 4.46. The van der Waals surface area contributed by atoms with Crippen LogP contribution in [0.25, 0.3) is 22.5 Å². The molecule has 0 aliphatic carbocycles. The van der Waals surface area contributed by atoms with E-state index in [-0.39, 0.29) is 5.57 Å². The molecule has 4 amide bonds. The fourth-order valence-electron chi connectivity index (χ4n) is 3.73. The summed E-state index contributed by atoms with van der Waals surface area (Å²) in [6.07, 6.45) is 3.36. The Morgan fingerprint density at radius 3 is 2.41 bits per heavy atom. The van der Waals surface area contributed by atoms with Crippen LogP contribution in [0.3, 0.4) is 0 Å². The zero-order valence-electron chi connectivity index (χ0n) is 16.7. The normalized spacial score (nSPS) is 15.5. The average Bonchev–Trinajstić information content (AvgIpc) is 3.24. The molecule has 1 aromatic heterocycles. The Balaban J connectivity index is 1.56. The number of carbonyl (C=O) groups is 3. The maximum Gasteiger partial charge on any atom is 0.335 e. The van der Waals surface area contributed by atoms with Gasteiger partial charge in [0.05, 0.1) is 5.69 Å². The van der Waals surface area contributed by atoms with E-state index in [1.165, 1.54) is 6.08 Å². The summed E-state index contributed by atoms with van der Waals surface area (Å²) in [5.74, 6) is -1.40. The quantitative estimate of drug-likeness (QED) is 0.325. The molecule has 1 saturated heterocycles. The van der Waals surface area contributed by atoms with Gasteiger partial charge in [0.1, 0.15) is 5.57 Å². The van der Waals surface area contributed by atoms with Crippen molar-refractivity contribution in [3.63, 3.8) is 0 Å². The number of imide groups is 2. The molecule has 0 radical (unpaired) electrons. The molecule has 0 atom stereocenters. The second kappa shape index (κ2) is 7.94. The van der Waals surface area contributed by atoms with Gasteiger partial charge in [-0.25, -0.2) is 9.69 Å². The first-order valence-corrected chi connectivity index (χ1v) is 10.6. The number of amides is 4. The maximum atomic E-state index is 13.2. The van der Waals surface area contributed by atoms with Gasteiger partial charge in [0.2, 0.25) is 0 Å². The average molecular weight is 486 g/mol. The first kappa shape index (κ1) is 20.0. The summed E-state index contributed by atoms with van der Waals surface area (Å²) in [6.45, 7) is 0. The molecule has 0 spiro atoms. The topological polar surface area (TPSA) is 71.4 Å². The number of nitrogens with one attached hydrogen (secondary N) is 1. The van der Waals surface area contributed by atoms with Gasteiger partial charge in [0, 0.05) is 22.1 Å². The molecule has 1 N–H and O–H groups in total. The highest BCUT2D eigenvalue weighted by molar-refractivity contribution is 9.10. The predicted octanol–water partition coefficient (Wildman–Crippen LogP) is 5.06. The molecule has 156 valence electrons. The first-order chi connectivity index (χ1) is 15.5. The SMILES string of the molecule is O=C1NC(=O)N(c2cccc(Br)c2)C(=O)/C1=C/c1cccn1-c1ccc2ccccc2c1. The Morgan fingerprint density at radius 2 is 1.59 bits per heavy atom. The third-order valence-electron chi connectivity index (χ3n) is 5.25. The van der Waals surface area contributed by atoms with Gasteiger partial charge in [0.25, 0.3) is 11.8 Å². The molecule has 3 aromatic carbocycles. The van der Waals surface area contributed by atoms with E-state index in [2.05, 4.69) is 21.2 Å². The van der Waals surface area contributed by atoms with E-state index in [9.17, 15) is 14.4 Å². The number of fused-ring (bicyclic) bond motifs is 1. The van der Waals surface area contributed by atoms with Crippen LogP contribution < -0.4 is 10.2 Å². The molecule has 4 aromatic rings. The Hall–Kier alpha value is -3.97. The minimum Gasteiger partial charge on any atom is -0.317 e. The molecule has 2 heterocycles. The van der Waals surface area contributed by atoms with Gasteiger partial charge < -0.3 is 4.57 Å². The lowest BCUT2D eigenvalue weighted by Gasteiger charge is -2.26. The van der Waals surface area contributed by atoms with E-state index >= 15 is 0 Å². The van der Waals surface area contributed by atoms with Gasteiger partial charge in [-0.15, -0.1) is 0 Å². The number of benzene rings is 3. The summed E-state index contributed by atoms with van der Waals surface area (Å²) in [5.41, 5.74) is 1.78. The van der Waals surface area contributed by atoms with Crippen LogP contribution in [-0.4, -0.2) is 22.4 Å². The van der Waals surface area contributed by atoms with Crippen LogP contribution in [0, 0.1) is 0 Å². The number of nitrogens with zero attached hydrogens (tertiary/aromatic N) is 2. The Labute approximate surface area is 191 Å². The molecular weight excluding hydrogens is 470 g/mol. The lowest BCUT2D eigenvalue weighted by molar-refractivity contribution is -0.122. The summed E-state index contributed by atoms with van der Waals surface area (Å²) in [4.78, 5) is 39.1. The first-order valence-electron chi connectivity index (χ1n) is 9.85. The highest BCUT2D eigenvalue weighted by atomic mass is 79.9. The number of barbiturate groups is 1. The lowest BCUT2D eigenvalue weighted by atomic mass is 10.1. The molecular formula is C25H16BrN3O3. The zero-order chi connectivity index (χ0) is 22.2. The molecule has 5 rings (SSSR count). The molecule has 0 bridgehead atoms. The summed E-state index contributed by atoms with van der Waals surface area (Å²) in [7, 11) is 0. The van der Waals surface area contributed by atoms with Crippen LogP contribution in [-0.2, 0) is 9.59 Å². The largest absolute Gasteiger partial charge is 0.335 e. The van der Waals surface area contributed by atoms with Gasteiger partial charge in [-0.2, -0.15) is 0 Å². The highest BCUT2D eigenvalue weighted by Gasteiger charge is 2.37. The van der Waals surface area contributed by atoms with Crippen LogP contribution >= 0.6 is 15.9 Å². The van der Waals surface area contributed by atoms with Crippen molar-refractivity contribution in [2.24, 2.45) is 0 Å². The van der Waals surface area contributed by atoms with Gasteiger partial charge >= 0.3 is 6.03 Å². The molecule has 7 heteroatoms. The van der Waals surface area contributed by atoms with Crippen molar-refractivity contribution < 1.29 is 14.4 Å². The van der Waals surface area contributed by atoms with Crippen molar-refractivity contribution in [2.75, 3.05) is 4.90 Å². The number of rotatable bonds is 3. The smallest absolute Gasteiger partial charge is 0.317 e. The van der Waals surface area contributed by atoms with Crippen LogP contribution in [0.1, 0.15) is 5.69 Å². The Morgan fingerprint density at radius 1 is 0.781 bits per heavy atom. The third-order valence-corrected chi connectivity index (χ3v) is 5.75. The zero-order valence-corrected chi connectivity index (χ0v) is 18.2. The van der Waals surface area contributed by atoms with E-state index < -0.39 is 17.8 Å². The van der Waals surface area contributed by atoms with Crippen molar-refractivity contribution in [1.29, 1.82) is 0 Å².